The van der Waals surface area contributed by atoms with Gasteiger partial charge in [0.15, 0.2) is 5.76 Å². The second-order valence-corrected chi connectivity index (χ2v) is 7.62. The lowest BCUT2D eigenvalue weighted by Crippen LogP contribution is -2.28. The zero-order chi connectivity index (χ0) is 21.4. The second-order valence-electron chi connectivity index (χ2n) is 7.19. The van der Waals surface area contributed by atoms with Crippen molar-refractivity contribution in [1.29, 1.82) is 0 Å². The Labute approximate surface area is 181 Å². The van der Waals surface area contributed by atoms with E-state index in [2.05, 4.69) is 20.7 Å². The standard InChI is InChI=1S/C22H17ClFN5O2/c23-15-7-3-13(4-8-15)17-12-18(14-5-9-16(24)10-6-14)29-22(25-17)27-21(28-29)26-20(30)19-2-1-11-31-19/h1-11,17-18H,12H2,(H2,25,26,27,28,30)/t17-,18-/m1/s1. The predicted molar refractivity (Wildman–Crippen MR) is 114 cm³/mol. The number of carbonyl (C=O) groups is 1. The lowest BCUT2D eigenvalue weighted by atomic mass is 9.93. The first-order chi connectivity index (χ1) is 15.1. The maximum atomic E-state index is 13.5. The molecule has 1 aliphatic rings. The van der Waals surface area contributed by atoms with Crippen LogP contribution in [0.3, 0.4) is 0 Å². The quantitative estimate of drug-likeness (QED) is 0.466. The van der Waals surface area contributed by atoms with Gasteiger partial charge in [-0.2, -0.15) is 4.98 Å². The summed E-state index contributed by atoms with van der Waals surface area (Å²) in [5.41, 5.74) is 1.92. The Hall–Kier alpha value is -3.65. The molecule has 31 heavy (non-hydrogen) atoms. The van der Waals surface area contributed by atoms with E-state index < -0.39 is 5.91 Å². The molecular weight excluding hydrogens is 421 g/mol. The molecular formula is C22H17ClFN5O2. The molecule has 0 fully saturated rings. The van der Waals surface area contributed by atoms with E-state index in [-0.39, 0.29) is 29.6 Å². The second kappa shape index (κ2) is 7.88. The van der Waals surface area contributed by atoms with Gasteiger partial charge in [-0.3, -0.25) is 10.1 Å². The Bertz CT molecular complexity index is 1210. The molecule has 7 nitrogen and oxygen atoms in total. The van der Waals surface area contributed by atoms with Crippen LogP contribution in [0.4, 0.5) is 16.3 Å². The number of aromatic nitrogens is 3. The number of amides is 1. The lowest BCUT2D eigenvalue weighted by Gasteiger charge is -2.31. The van der Waals surface area contributed by atoms with Gasteiger partial charge in [0.2, 0.25) is 5.95 Å². The minimum atomic E-state index is -0.444. The fraction of sp³-hybridized carbons (Fsp3) is 0.136. The van der Waals surface area contributed by atoms with E-state index in [1.807, 2.05) is 24.3 Å². The molecule has 2 atom stereocenters. The van der Waals surface area contributed by atoms with E-state index in [9.17, 15) is 9.18 Å². The van der Waals surface area contributed by atoms with Crippen LogP contribution < -0.4 is 10.6 Å². The van der Waals surface area contributed by atoms with E-state index in [1.54, 1.807) is 28.9 Å². The third-order valence-corrected chi connectivity index (χ3v) is 5.44. The van der Waals surface area contributed by atoms with Gasteiger partial charge >= 0.3 is 0 Å². The van der Waals surface area contributed by atoms with Crippen molar-refractivity contribution in [2.75, 3.05) is 10.6 Å². The summed E-state index contributed by atoms with van der Waals surface area (Å²) >= 11 is 6.03. The van der Waals surface area contributed by atoms with Gasteiger partial charge in [-0.05, 0) is 53.9 Å². The Morgan fingerprint density at radius 1 is 1.13 bits per heavy atom. The largest absolute Gasteiger partial charge is 0.459 e. The van der Waals surface area contributed by atoms with Crippen molar-refractivity contribution < 1.29 is 13.6 Å². The Balaban J connectivity index is 1.50. The first kappa shape index (κ1) is 19.3. The predicted octanol–water partition coefficient (Wildman–Crippen LogP) is 5.06. The zero-order valence-electron chi connectivity index (χ0n) is 16.1. The van der Waals surface area contributed by atoms with Crippen LogP contribution in [0.25, 0.3) is 0 Å². The van der Waals surface area contributed by atoms with Crippen LogP contribution in [0.15, 0.2) is 71.3 Å². The molecule has 4 aromatic rings. The molecule has 156 valence electrons. The fourth-order valence-electron chi connectivity index (χ4n) is 3.68. The van der Waals surface area contributed by atoms with Crippen molar-refractivity contribution in [2.45, 2.75) is 18.5 Å². The van der Waals surface area contributed by atoms with Crippen LogP contribution in [-0.4, -0.2) is 20.7 Å². The normalized spacial score (nSPS) is 17.6. The van der Waals surface area contributed by atoms with Crippen molar-refractivity contribution in [3.8, 4) is 0 Å². The van der Waals surface area contributed by atoms with E-state index in [1.165, 1.54) is 18.4 Å². The van der Waals surface area contributed by atoms with Gasteiger partial charge in [0.1, 0.15) is 5.82 Å². The van der Waals surface area contributed by atoms with Crippen molar-refractivity contribution in [2.24, 2.45) is 0 Å². The number of rotatable bonds is 4. The van der Waals surface area contributed by atoms with Crippen molar-refractivity contribution in [3.05, 3.63) is 94.7 Å². The summed E-state index contributed by atoms with van der Waals surface area (Å²) in [6, 6.07) is 16.8. The van der Waals surface area contributed by atoms with E-state index in [4.69, 9.17) is 16.0 Å². The van der Waals surface area contributed by atoms with Gasteiger partial charge in [0, 0.05) is 5.02 Å². The highest BCUT2D eigenvalue weighted by Gasteiger charge is 2.31. The van der Waals surface area contributed by atoms with Crippen LogP contribution in [0, 0.1) is 5.82 Å². The average molecular weight is 438 g/mol. The molecule has 5 rings (SSSR count). The summed E-state index contributed by atoms with van der Waals surface area (Å²) in [7, 11) is 0. The Kier molecular flexibility index (Phi) is 4.91. The summed E-state index contributed by atoms with van der Waals surface area (Å²) in [6.45, 7) is 0. The van der Waals surface area contributed by atoms with Gasteiger partial charge in [-0.25, -0.2) is 9.07 Å². The SMILES string of the molecule is O=C(Nc1nc2n(n1)[C@@H](c1ccc(F)cc1)C[C@H](c1ccc(Cl)cc1)N2)c1ccco1. The monoisotopic (exact) mass is 437 g/mol. The number of furan rings is 1. The summed E-state index contributed by atoms with van der Waals surface area (Å²) in [4.78, 5) is 16.8. The zero-order valence-corrected chi connectivity index (χ0v) is 16.9. The van der Waals surface area contributed by atoms with Gasteiger partial charge in [-0.15, -0.1) is 5.10 Å². The number of carbonyl (C=O) groups excluding carboxylic acids is 1. The molecule has 0 saturated heterocycles. The molecule has 3 heterocycles. The number of hydrogen-bond acceptors (Lipinski definition) is 5. The third-order valence-electron chi connectivity index (χ3n) is 5.19. The highest BCUT2D eigenvalue weighted by molar-refractivity contribution is 6.30. The third kappa shape index (κ3) is 3.89. The van der Waals surface area contributed by atoms with Crippen LogP contribution in [0.2, 0.25) is 5.02 Å². The molecule has 2 aromatic carbocycles. The summed E-state index contributed by atoms with van der Waals surface area (Å²) in [6.07, 6.45) is 2.07. The first-order valence-electron chi connectivity index (χ1n) is 9.66. The fourth-order valence-corrected chi connectivity index (χ4v) is 3.80. The number of benzene rings is 2. The van der Waals surface area contributed by atoms with Crippen LogP contribution in [0.5, 0.6) is 0 Å². The van der Waals surface area contributed by atoms with Gasteiger partial charge in [0.05, 0.1) is 18.3 Å². The number of nitrogens with zero attached hydrogens (tertiary/aromatic N) is 3. The molecule has 1 amide bonds. The molecule has 9 heteroatoms. The molecule has 2 aromatic heterocycles. The maximum Gasteiger partial charge on any atom is 0.293 e. The summed E-state index contributed by atoms with van der Waals surface area (Å²) in [5, 5.41) is 11.2. The minimum absolute atomic E-state index is 0.0716. The van der Waals surface area contributed by atoms with Crippen LogP contribution >= 0.6 is 11.6 Å². The van der Waals surface area contributed by atoms with E-state index in [0.29, 0.717) is 17.4 Å². The average Bonchev–Trinajstić information content (AvgIpc) is 3.44. The van der Waals surface area contributed by atoms with Crippen molar-refractivity contribution >= 4 is 29.4 Å². The number of anilines is 2. The van der Waals surface area contributed by atoms with Crippen LogP contribution in [0.1, 0.15) is 40.2 Å². The topological polar surface area (TPSA) is 85.0 Å². The summed E-state index contributed by atoms with van der Waals surface area (Å²) < 4.78 is 20.3. The van der Waals surface area contributed by atoms with E-state index >= 15 is 0 Å². The van der Waals surface area contributed by atoms with Gasteiger partial charge in [-0.1, -0.05) is 35.9 Å². The highest BCUT2D eigenvalue weighted by Crippen LogP contribution is 2.38. The lowest BCUT2D eigenvalue weighted by molar-refractivity contribution is 0.0995. The molecule has 0 radical (unpaired) electrons. The molecule has 0 aliphatic carbocycles. The maximum absolute atomic E-state index is 13.5. The highest BCUT2D eigenvalue weighted by atomic mass is 35.5. The molecule has 2 N–H and O–H groups in total. The smallest absolute Gasteiger partial charge is 0.293 e. The van der Waals surface area contributed by atoms with Crippen LogP contribution in [-0.2, 0) is 0 Å². The molecule has 0 bridgehead atoms. The van der Waals surface area contributed by atoms with Gasteiger partial charge in [0.25, 0.3) is 11.9 Å². The van der Waals surface area contributed by atoms with Crippen molar-refractivity contribution in [1.82, 2.24) is 14.8 Å². The Morgan fingerprint density at radius 2 is 1.87 bits per heavy atom. The molecule has 0 unspecified atom stereocenters. The minimum Gasteiger partial charge on any atom is -0.459 e. The number of fused-ring (bicyclic) bond motifs is 1. The number of hydrogen-bond donors (Lipinski definition) is 2. The molecule has 0 spiro atoms. The first-order valence-corrected chi connectivity index (χ1v) is 10.0. The number of halogens is 2. The van der Waals surface area contributed by atoms with Gasteiger partial charge < -0.3 is 9.73 Å². The van der Waals surface area contributed by atoms with Crippen molar-refractivity contribution in [3.63, 3.8) is 0 Å². The number of nitrogens with one attached hydrogen (secondary N) is 2. The molecule has 1 aliphatic heterocycles. The van der Waals surface area contributed by atoms with E-state index in [0.717, 1.165) is 11.1 Å². The Morgan fingerprint density at radius 3 is 2.58 bits per heavy atom. The summed E-state index contributed by atoms with van der Waals surface area (Å²) in [5.74, 6) is 0.0515. The molecule has 0 saturated carbocycles.